The van der Waals surface area contributed by atoms with Gasteiger partial charge < -0.3 is 10.2 Å². The number of benzene rings is 2. The topological polar surface area (TPSA) is 86.8 Å². The third kappa shape index (κ3) is 7.93. The maximum absolute atomic E-state index is 13.8. The van der Waals surface area contributed by atoms with Crippen LogP contribution in [0.4, 0.5) is 5.69 Å². The van der Waals surface area contributed by atoms with E-state index in [0.717, 1.165) is 50.9 Å². The summed E-state index contributed by atoms with van der Waals surface area (Å²) in [5.74, 6) is -0.586. The molecule has 0 spiro atoms. The zero-order chi connectivity index (χ0) is 26.3. The molecule has 0 heterocycles. The van der Waals surface area contributed by atoms with Gasteiger partial charge in [0.25, 0.3) is 0 Å². The molecule has 0 aliphatic heterocycles. The Balaban J connectivity index is 1.90. The highest BCUT2D eigenvalue weighted by molar-refractivity contribution is 14.1. The monoisotopic (exact) mass is 625 g/mol. The molecule has 1 aliphatic carbocycles. The summed E-state index contributed by atoms with van der Waals surface area (Å²) >= 11 is 2.15. The second kappa shape index (κ2) is 12.9. The minimum Gasteiger partial charge on any atom is -0.352 e. The van der Waals surface area contributed by atoms with Crippen LogP contribution < -0.4 is 9.62 Å². The molecule has 1 aliphatic rings. The standard InChI is InChI=1S/C27H36IN3O4S/c1-4-25(27(33)29-23-11-6-5-7-12-23)30(18-21-10-8-9-20(2)17-21)26(32)19-31(36(3,34)35)24-15-13-22(28)14-16-24/h8-10,13-17,23,25H,4-7,11-12,18-19H2,1-3H3,(H,29,33)/t25-/m0/s1. The van der Waals surface area contributed by atoms with Crippen LogP contribution in [0.25, 0.3) is 0 Å². The number of carbonyl (C=O) groups is 2. The molecule has 0 bridgehead atoms. The van der Waals surface area contributed by atoms with Gasteiger partial charge in [0.05, 0.1) is 11.9 Å². The highest BCUT2D eigenvalue weighted by Crippen LogP contribution is 2.22. The van der Waals surface area contributed by atoms with Crippen molar-refractivity contribution in [3.63, 3.8) is 0 Å². The number of hydrogen-bond acceptors (Lipinski definition) is 4. The average molecular weight is 626 g/mol. The molecule has 1 fully saturated rings. The van der Waals surface area contributed by atoms with Crippen molar-refractivity contribution in [1.82, 2.24) is 10.2 Å². The number of nitrogens with one attached hydrogen (secondary N) is 1. The Bertz CT molecular complexity index is 1150. The molecule has 9 heteroatoms. The van der Waals surface area contributed by atoms with Gasteiger partial charge in [-0.05, 0) is 78.6 Å². The molecule has 36 heavy (non-hydrogen) atoms. The number of nitrogens with zero attached hydrogens (tertiary/aromatic N) is 2. The number of halogens is 1. The lowest BCUT2D eigenvalue weighted by Gasteiger charge is -2.34. The van der Waals surface area contributed by atoms with E-state index in [1.165, 1.54) is 11.3 Å². The maximum atomic E-state index is 13.8. The molecule has 196 valence electrons. The fraction of sp³-hybridized carbons (Fsp3) is 0.481. The number of aryl methyl sites for hydroxylation is 1. The number of hydrogen-bond donors (Lipinski definition) is 1. The highest BCUT2D eigenvalue weighted by atomic mass is 127. The molecule has 0 unspecified atom stereocenters. The van der Waals surface area contributed by atoms with Gasteiger partial charge in [0.1, 0.15) is 12.6 Å². The Morgan fingerprint density at radius 1 is 1.08 bits per heavy atom. The van der Waals surface area contributed by atoms with Crippen LogP contribution in [0.3, 0.4) is 0 Å². The Hall–Kier alpha value is -2.14. The quantitative estimate of drug-likeness (QED) is 0.391. The first-order valence-corrected chi connectivity index (χ1v) is 15.4. The van der Waals surface area contributed by atoms with Crippen molar-refractivity contribution < 1.29 is 18.0 Å². The van der Waals surface area contributed by atoms with Crippen LogP contribution in [0, 0.1) is 10.5 Å². The molecule has 3 rings (SSSR count). The Morgan fingerprint density at radius 3 is 2.33 bits per heavy atom. The lowest BCUT2D eigenvalue weighted by molar-refractivity contribution is -0.140. The van der Waals surface area contributed by atoms with Crippen molar-refractivity contribution in [3.05, 3.63) is 63.2 Å². The van der Waals surface area contributed by atoms with E-state index in [4.69, 9.17) is 0 Å². The fourth-order valence-corrected chi connectivity index (χ4v) is 5.90. The van der Waals surface area contributed by atoms with Gasteiger partial charge in [0.2, 0.25) is 21.8 Å². The molecular weight excluding hydrogens is 589 g/mol. The van der Waals surface area contributed by atoms with E-state index < -0.39 is 22.0 Å². The molecule has 0 saturated heterocycles. The van der Waals surface area contributed by atoms with Gasteiger partial charge in [0, 0.05) is 16.2 Å². The summed E-state index contributed by atoms with van der Waals surface area (Å²) in [5.41, 5.74) is 2.37. The number of carbonyl (C=O) groups excluding carboxylic acids is 2. The van der Waals surface area contributed by atoms with Gasteiger partial charge in [-0.1, -0.05) is 56.0 Å². The normalized spacial score (nSPS) is 15.2. The first kappa shape index (κ1) is 28.4. The van der Waals surface area contributed by atoms with Crippen molar-refractivity contribution in [2.75, 3.05) is 17.1 Å². The minimum atomic E-state index is -3.73. The zero-order valence-electron chi connectivity index (χ0n) is 21.2. The second-order valence-corrected chi connectivity index (χ2v) is 12.7. The molecule has 2 amide bonds. The first-order chi connectivity index (χ1) is 17.1. The Kier molecular flexibility index (Phi) is 10.2. The molecular formula is C27H36IN3O4S. The van der Waals surface area contributed by atoms with E-state index in [2.05, 4.69) is 27.9 Å². The van der Waals surface area contributed by atoms with Crippen LogP contribution in [0.15, 0.2) is 48.5 Å². The van der Waals surface area contributed by atoms with E-state index in [9.17, 15) is 18.0 Å². The van der Waals surface area contributed by atoms with Crippen molar-refractivity contribution in [1.29, 1.82) is 0 Å². The summed E-state index contributed by atoms with van der Waals surface area (Å²) in [6.45, 7) is 3.71. The number of rotatable bonds is 10. The lowest BCUT2D eigenvalue weighted by Crippen LogP contribution is -2.53. The summed E-state index contributed by atoms with van der Waals surface area (Å²) in [6, 6.07) is 14.2. The van der Waals surface area contributed by atoms with Gasteiger partial charge in [0.15, 0.2) is 0 Å². The highest BCUT2D eigenvalue weighted by Gasteiger charge is 2.32. The third-order valence-corrected chi connectivity index (χ3v) is 8.43. The second-order valence-electron chi connectivity index (χ2n) is 9.52. The molecule has 2 aromatic rings. The van der Waals surface area contributed by atoms with Gasteiger partial charge in [-0.15, -0.1) is 0 Å². The van der Waals surface area contributed by atoms with Gasteiger partial charge in [-0.3, -0.25) is 13.9 Å². The van der Waals surface area contributed by atoms with Crippen LogP contribution in [-0.2, 0) is 26.2 Å². The maximum Gasteiger partial charge on any atom is 0.244 e. The Morgan fingerprint density at radius 2 is 1.75 bits per heavy atom. The van der Waals surface area contributed by atoms with Gasteiger partial charge in [-0.25, -0.2) is 8.42 Å². The van der Waals surface area contributed by atoms with Crippen LogP contribution in [0.5, 0.6) is 0 Å². The van der Waals surface area contributed by atoms with Crippen molar-refractivity contribution in [2.45, 2.75) is 71.0 Å². The summed E-state index contributed by atoms with van der Waals surface area (Å²) in [6.07, 6.45) is 6.78. The van der Waals surface area contributed by atoms with Gasteiger partial charge >= 0.3 is 0 Å². The van der Waals surface area contributed by atoms with Crippen LogP contribution in [0.2, 0.25) is 0 Å². The molecule has 1 atom stereocenters. The lowest BCUT2D eigenvalue weighted by atomic mass is 9.95. The number of amides is 2. The largest absolute Gasteiger partial charge is 0.352 e. The molecule has 7 nitrogen and oxygen atoms in total. The van der Waals surface area contributed by atoms with Crippen LogP contribution in [0.1, 0.15) is 56.6 Å². The van der Waals surface area contributed by atoms with Crippen molar-refractivity contribution in [2.24, 2.45) is 0 Å². The van der Waals surface area contributed by atoms with Crippen LogP contribution in [-0.4, -0.2) is 50.0 Å². The molecule has 0 radical (unpaired) electrons. The zero-order valence-corrected chi connectivity index (χ0v) is 24.2. The predicted octanol–water partition coefficient (Wildman–Crippen LogP) is 4.62. The molecule has 2 aromatic carbocycles. The summed E-state index contributed by atoms with van der Waals surface area (Å²) in [7, 11) is -3.73. The summed E-state index contributed by atoms with van der Waals surface area (Å²) in [4.78, 5) is 28.7. The minimum absolute atomic E-state index is 0.121. The first-order valence-electron chi connectivity index (χ1n) is 12.5. The molecule has 1 N–H and O–H groups in total. The van der Waals surface area contributed by atoms with E-state index in [-0.39, 0.29) is 25.0 Å². The van der Waals surface area contributed by atoms with Crippen LogP contribution >= 0.6 is 22.6 Å². The smallest absolute Gasteiger partial charge is 0.244 e. The molecule has 0 aromatic heterocycles. The van der Waals surface area contributed by atoms with E-state index >= 15 is 0 Å². The van der Waals surface area contributed by atoms with E-state index in [0.29, 0.717) is 12.1 Å². The summed E-state index contributed by atoms with van der Waals surface area (Å²) < 4.78 is 27.4. The third-order valence-electron chi connectivity index (χ3n) is 6.57. The van der Waals surface area contributed by atoms with E-state index in [1.54, 1.807) is 24.3 Å². The van der Waals surface area contributed by atoms with Crippen molar-refractivity contribution in [3.8, 4) is 0 Å². The fourth-order valence-electron chi connectivity index (χ4n) is 4.69. The predicted molar refractivity (Wildman–Crippen MR) is 152 cm³/mol. The molecule has 1 saturated carbocycles. The number of anilines is 1. The Labute approximate surface area is 228 Å². The van der Waals surface area contributed by atoms with Crippen molar-refractivity contribution >= 4 is 50.1 Å². The van der Waals surface area contributed by atoms with Gasteiger partial charge in [-0.2, -0.15) is 0 Å². The number of sulfonamides is 1. The van der Waals surface area contributed by atoms with E-state index in [1.807, 2.05) is 38.1 Å². The summed E-state index contributed by atoms with van der Waals surface area (Å²) in [5, 5.41) is 3.16. The average Bonchev–Trinajstić information content (AvgIpc) is 2.83. The SMILES string of the molecule is CC[C@@H](C(=O)NC1CCCCC1)N(Cc1cccc(C)c1)C(=O)CN(c1ccc(I)cc1)S(C)(=O)=O.